The molecule has 0 saturated carbocycles. The van der Waals surface area contributed by atoms with Crippen molar-refractivity contribution in [1.29, 1.82) is 0 Å². The van der Waals surface area contributed by atoms with Crippen LogP contribution in [-0.2, 0) is 14.8 Å². The van der Waals surface area contributed by atoms with Crippen LogP contribution >= 0.6 is 11.8 Å². The lowest BCUT2D eigenvalue weighted by atomic mass is 10.2. The molecule has 3 aromatic rings. The van der Waals surface area contributed by atoms with E-state index in [0.29, 0.717) is 16.5 Å². The first-order chi connectivity index (χ1) is 14.1. The Balaban J connectivity index is 2.19. The van der Waals surface area contributed by atoms with Gasteiger partial charge in [-0.2, -0.15) is 0 Å². The Morgan fingerprint density at radius 2 is 1.83 bits per heavy atom. The zero-order chi connectivity index (χ0) is 22.1. The van der Waals surface area contributed by atoms with E-state index in [1.54, 1.807) is 29.7 Å². The highest BCUT2D eigenvalue weighted by atomic mass is 32.2. The van der Waals surface area contributed by atoms with Crippen LogP contribution in [0.3, 0.4) is 0 Å². The van der Waals surface area contributed by atoms with Gasteiger partial charge in [0.2, 0.25) is 15.9 Å². The number of carbonyl (C=O) groups is 1. The van der Waals surface area contributed by atoms with Crippen molar-refractivity contribution >= 4 is 27.7 Å². The molecule has 2 aromatic carbocycles. The second-order valence-corrected chi connectivity index (χ2v) is 10.4. The number of hydrogen-bond donors (Lipinski definition) is 1. The summed E-state index contributed by atoms with van der Waals surface area (Å²) in [4.78, 5) is 11.7. The van der Waals surface area contributed by atoms with Crippen LogP contribution in [-0.4, -0.2) is 52.7 Å². The molecule has 0 aliphatic rings. The first-order valence-electron chi connectivity index (χ1n) is 9.12. The van der Waals surface area contributed by atoms with E-state index in [1.165, 1.54) is 31.9 Å². The minimum absolute atomic E-state index is 0.156. The van der Waals surface area contributed by atoms with Gasteiger partial charge in [-0.1, -0.05) is 36.0 Å². The fourth-order valence-corrected chi connectivity index (χ4v) is 4.52. The normalized spacial score (nSPS) is 12.8. The highest BCUT2D eigenvalue weighted by molar-refractivity contribution is 8.00. The van der Waals surface area contributed by atoms with Crippen molar-refractivity contribution in [2.45, 2.75) is 29.1 Å². The molecule has 1 atom stereocenters. The summed E-state index contributed by atoms with van der Waals surface area (Å²) in [5, 5.41) is 8.54. The molecule has 1 heterocycles. The van der Waals surface area contributed by atoms with Crippen LogP contribution in [0, 0.1) is 6.92 Å². The fourth-order valence-electron chi connectivity index (χ4n) is 2.76. The molecule has 0 aliphatic heterocycles. The monoisotopic (exact) mass is 445 g/mol. The molecular weight excluding hydrogens is 422 g/mol. The maximum Gasteiger partial charge on any atom is 0.242 e. The van der Waals surface area contributed by atoms with Gasteiger partial charge in [-0.15, -0.1) is 10.2 Å². The lowest BCUT2D eigenvalue weighted by Crippen LogP contribution is -2.23. The number of sulfonamides is 1. The first kappa shape index (κ1) is 22.0. The molecular formula is C20H23N5O3S2. The standard InChI is InChI=1S/C20H23N5O3S2/c1-13-7-5-9-16(11-13)25-19(22-23-20(25)29-14(2)18(21)26)15-8-6-10-17(12-15)30(27,28)24(3)4/h5-12,14H,1-4H3,(H2,21,26). The van der Waals surface area contributed by atoms with Gasteiger partial charge < -0.3 is 5.73 Å². The van der Waals surface area contributed by atoms with Crippen molar-refractivity contribution in [2.75, 3.05) is 14.1 Å². The molecule has 158 valence electrons. The summed E-state index contributed by atoms with van der Waals surface area (Å²) < 4.78 is 28.1. The summed E-state index contributed by atoms with van der Waals surface area (Å²) in [6.45, 7) is 3.67. The summed E-state index contributed by atoms with van der Waals surface area (Å²) in [5.41, 5.74) is 7.85. The van der Waals surface area contributed by atoms with E-state index in [-0.39, 0.29) is 4.90 Å². The number of thioether (sulfide) groups is 1. The second-order valence-electron chi connectivity index (χ2n) is 6.96. The van der Waals surface area contributed by atoms with Crippen molar-refractivity contribution in [1.82, 2.24) is 19.1 Å². The molecule has 2 N–H and O–H groups in total. The Kier molecular flexibility index (Phi) is 6.30. The third-order valence-corrected chi connectivity index (χ3v) is 7.32. The highest BCUT2D eigenvalue weighted by Crippen LogP contribution is 2.31. The average molecular weight is 446 g/mol. The van der Waals surface area contributed by atoms with E-state index in [1.807, 2.05) is 31.2 Å². The Morgan fingerprint density at radius 1 is 1.13 bits per heavy atom. The van der Waals surface area contributed by atoms with Gasteiger partial charge in [-0.05, 0) is 43.7 Å². The second kappa shape index (κ2) is 8.58. The van der Waals surface area contributed by atoms with E-state index in [2.05, 4.69) is 10.2 Å². The van der Waals surface area contributed by atoms with E-state index < -0.39 is 21.2 Å². The zero-order valence-electron chi connectivity index (χ0n) is 17.1. The number of hydrogen-bond acceptors (Lipinski definition) is 6. The average Bonchev–Trinajstić information content (AvgIpc) is 3.11. The number of rotatable bonds is 7. The number of nitrogens with zero attached hydrogens (tertiary/aromatic N) is 4. The predicted molar refractivity (Wildman–Crippen MR) is 117 cm³/mol. The molecule has 10 heteroatoms. The molecule has 1 aromatic heterocycles. The summed E-state index contributed by atoms with van der Waals surface area (Å²) >= 11 is 1.20. The minimum atomic E-state index is -3.61. The largest absolute Gasteiger partial charge is 0.369 e. The van der Waals surface area contributed by atoms with Crippen LogP contribution < -0.4 is 5.73 Å². The highest BCUT2D eigenvalue weighted by Gasteiger charge is 2.23. The van der Waals surface area contributed by atoms with Crippen LogP contribution in [0.1, 0.15) is 12.5 Å². The SMILES string of the molecule is Cc1cccc(-n2c(SC(C)C(N)=O)nnc2-c2cccc(S(=O)(=O)N(C)C)c2)c1. The summed E-state index contributed by atoms with van der Waals surface area (Å²) in [6.07, 6.45) is 0. The van der Waals surface area contributed by atoms with E-state index in [4.69, 9.17) is 5.73 Å². The lowest BCUT2D eigenvalue weighted by molar-refractivity contribution is -0.117. The van der Waals surface area contributed by atoms with Gasteiger partial charge in [-0.3, -0.25) is 9.36 Å². The quantitative estimate of drug-likeness (QED) is 0.559. The van der Waals surface area contributed by atoms with Crippen LogP contribution in [0.15, 0.2) is 58.6 Å². The van der Waals surface area contributed by atoms with Crippen molar-refractivity contribution < 1.29 is 13.2 Å². The molecule has 0 radical (unpaired) electrons. The van der Waals surface area contributed by atoms with Crippen molar-refractivity contribution in [3.8, 4) is 17.1 Å². The van der Waals surface area contributed by atoms with Gasteiger partial charge >= 0.3 is 0 Å². The van der Waals surface area contributed by atoms with E-state index in [0.717, 1.165) is 15.6 Å². The van der Waals surface area contributed by atoms with Gasteiger partial charge in [0.05, 0.1) is 10.1 Å². The summed E-state index contributed by atoms with van der Waals surface area (Å²) in [7, 11) is -0.639. The van der Waals surface area contributed by atoms with Gasteiger partial charge in [0, 0.05) is 25.3 Å². The third-order valence-electron chi connectivity index (χ3n) is 4.45. The Morgan fingerprint density at radius 3 is 2.47 bits per heavy atom. The number of aryl methyl sites for hydroxylation is 1. The zero-order valence-corrected chi connectivity index (χ0v) is 18.7. The number of nitrogens with two attached hydrogens (primary N) is 1. The molecule has 8 nitrogen and oxygen atoms in total. The van der Waals surface area contributed by atoms with Gasteiger partial charge in [-0.25, -0.2) is 12.7 Å². The van der Waals surface area contributed by atoms with Crippen LogP contribution in [0.5, 0.6) is 0 Å². The number of amides is 1. The molecule has 30 heavy (non-hydrogen) atoms. The number of aromatic nitrogens is 3. The van der Waals surface area contributed by atoms with Crippen molar-refractivity contribution in [3.63, 3.8) is 0 Å². The Bertz CT molecular complexity index is 1190. The molecule has 0 saturated heterocycles. The third kappa shape index (κ3) is 4.40. The van der Waals surface area contributed by atoms with Gasteiger partial charge in [0.1, 0.15) is 0 Å². The van der Waals surface area contributed by atoms with Crippen molar-refractivity contribution in [3.05, 3.63) is 54.1 Å². The molecule has 0 spiro atoms. The number of primary amides is 1. The molecule has 0 aliphatic carbocycles. The predicted octanol–water partition coefficient (Wildman–Crippen LogP) is 2.46. The maximum atomic E-state index is 12.6. The van der Waals surface area contributed by atoms with Gasteiger partial charge in [0.25, 0.3) is 0 Å². The molecule has 0 bridgehead atoms. The minimum Gasteiger partial charge on any atom is -0.369 e. The molecule has 0 fully saturated rings. The Labute approximate surface area is 180 Å². The van der Waals surface area contributed by atoms with Crippen LogP contribution in [0.4, 0.5) is 0 Å². The Hall–Kier alpha value is -2.69. The smallest absolute Gasteiger partial charge is 0.242 e. The lowest BCUT2D eigenvalue weighted by Gasteiger charge is -2.14. The van der Waals surface area contributed by atoms with Crippen LogP contribution in [0.25, 0.3) is 17.1 Å². The fraction of sp³-hybridized carbons (Fsp3) is 0.250. The maximum absolute atomic E-state index is 12.6. The molecule has 1 amide bonds. The van der Waals surface area contributed by atoms with Crippen molar-refractivity contribution in [2.24, 2.45) is 5.73 Å². The molecule has 3 rings (SSSR count). The number of benzene rings is 2. The summed E-state index contributed by atoms with van der Waals surface area (Å²) in [6, 6.07) is 14.3. The topological polar surface area (TPSA) is 111 Å². The summed E-state index contributed by atoms with van der Waals surface area (Å²) in [5.74, 6) is 0.00925. The van der Waals surface area contributed by atoms with Gasteiger partial charge in [0.15, 0.2) is 11.0 Å². The first-order valence-corrected chi connectivity index (χ1v) is 11.4. The van der Waals surface area contributed by atoms with E-state index >= 15 is 0 Å². The molecule has 1 unspecified atom stereocenters. The van der Waals surface area contributed by atoms with Crippen LogP contribution in [0.2, 0.25) is 0 Å². The van der Waals surface area contributed by atoms with E-state index in [9.17, 15) is 13.2 Å². The number of carbonyl (C=O) groups excluding carboxylic acids is 1.